The van der Waals surface area contributed by atoms with Gasteiger partial charge in [-0.2, -0.15) is 0 Å². The molecule has 0 radical (unpaired) electrons. The van der Waals surface area contributed by atoms with E-state index in [1.165, 1.54) is 13.0 Å². The zero-order valence-corrected chi connectivity index (χ0v) is 8.33. The summed E-state index contributed by atoms with van der Waals surface area (Å²) >= 11 is 1.09. The second kappa shape index (κ2) is 4.36. The molecule has 3 N–H and O–H groups in total. The molecule has 0 unspecified atom stereocenters. The second-order valence-corrected chi connectivity index (χ2v) is 3.78. The lowest BCUT2D eigenvalue weighted by atomic mass is 10.3. The van der Waals surface area contributed by atoms with Crippen molar-refractivity contribution in [1.29, 1.82) is 0 Å². The number of nitrogen functional groups attached to an aromatic ring is 1. The third-order valence-electron chi connectivity index (χ3n) is 1.51. The fraction of sp³-hybridized carbons (Fsp3) is 0.375. The Labute approximate surface area is 83.9 Å². The normalized spacial score (nSPS) is 10.6. The van der Waals surface area contributed by atoms with Gasteiger partial charge in [-0.1, -0.05) is 0 Å². The van der Waals surface area contributed by atoms with Gasteiger partial charge in [-0.05, 0) is 6.07 Å². The Balaban J connectivity index is 2.71. The average molecular weight is 220 g/mol. The maximum Gasteiger partial charge on any atom is 0.255 e. The molecule has 0 amide bonds. The van der Waals surface area contributed by atoms with E-state index in [0.717, 1.165) is 11.3 Å². The molecule has 78 valence electrons. The van der Waals surface area contributed by atoms with Crippen LogP contribution in [-0.4, -0.2) is 18.8 Å². The number of nitrogens with one attached hydrogen (secondary N) is 1. The van der Waals surface area contributed by atoms with Crippen LogP contribution in [0.1, 0.15) is 16.6 Å². The van der Waals surface area contributed by atoms with Crippen LogP contribution in [0.4, 0.5) is 19.5 Å². The highest BCUT2D eigenvalue weighted by Gasteiger charge is 2.11. The lowest BCUT2D eigenvalue weighted by Crippen LogP contribution is -2.08. The number of ketones is 1. The molecule has 14 heavy (non-hydrogen) atoms. The number of alkyl halides is 2. The Morgan fingerprint density at radius 3 is 2.79 bits per heavy atom. The minimum absolute atomic E-state index is 0.155. The lowest BCUT2D eigenvalue weighted by molar-refractivity contribution is 0.102. The second-order valence-electron chi connectivity index (χ2n) is 2.72. The first-order chi connectivity index (χ1) is 6.50. The molecule has 1 aromatic rings. The van der Waals surface area contributed by atoms with E-state index in [9.17, 15) is 13.6 Å². The smallest absolute Gasteiger partial charge is 0.255 e. The first-order valence-electron chi connectivity index (χ1n) is 3.93. The fourth-order valence-corrected chi connectivity index (χ4v) is 1.83. The molecular weight excluding hydrogens is 210 g/mol. The molecule has 1 rings (SSSR count). The van der Waals surface area contributed by atoms with Gasteiger partial charge >= 0.3 is 0 Å². The zero-order chi connectivity index (χ0) is 10.7. The number of rotatable bonds is 4. The quantitative estimate of drug-likeness (QED) is 0.765. The molecule has 0 aliphatic heterocycles. The molecule has 0 aromatic carbocycles. The summed E-state index contributed by atoms with van der Waals surface area (Å²) < 4.78 is 23.7. The third kappa shape index (κ3) is 2.66. The van der Waals surface area contributed by atoms with Crippen LogP contribution in [0.25, 0.3) is 0 Å². The van der Waals surface area contributed by atoms with Crippen molar-refractivity contribution >= 4 is 27.8 Å². The Kier molecular flexibility index (Phi) is 3.40. The van der Waals surface area contributed by atoms with Crippen LogP contribution in [-0.2, 0) is 0 Å². The number of carbonyl (C=O) groups is 1. The molecule has 0 saturated carbocycles. The monoisotopic (exact) mass is 220 g/mol. The highest BCUT2D eigenvalue weighted by atomic mass is 32.1. The summed E-state index contributed by atoms with van der Waals surface area (Å²) in [7, 11) is 0. The Bertz CT molecular complexity index is 338. The number of anilines is 2. The number of thiophene rings is 1. The number of hydrogen-bond donors (Lipinski definition) is 2. The molecule has 1 aromatic heterocycles. The molecule has 0 aliphatic carbocycles. The number of halogens is 2. The molecular formula is C8H10F2N2OS. The van der Waals surface area contributed by atoms with Gasteiger partial charge in [0.05, 0.1) is 22.1 Å². The van der Waals surface area contributed by atoms with Crippen LogP contribution >= 0.6 is 11.3 Å². The van der Waals surface area contributed by atoms with Gasteiger partial charge in [-0.25, -0.2) is 8.78 Å². The molecule has 0 atom stereocenters. The summed E-state index contributed by atoms with van der Waals surface area (Å²) in [5, 5.41) is 2.99. The third-order valence-corrected chi connectivity index (χ3v) is 2.72. The van der Waals surface area contributed by atoms with Crippen LogP contribution in [0.2, 0.25) is 0 Å². The Morgan fingerprint density at radius 2 is 2.36 bits per heavy atom. The van der Waals surface area contributed by atoms with E-state index >= 15 is 0 Å². The van der Waals surface area contributed by atoms with E-state index < -0.39 is 13.0 Å². The predicted molar refractivity (Wildman–Crippen MR) is 53.2 cm³/mol. The van der Waals surface area contributed by atoms with Crippen LogP contribution in [0.15, 0.2) is 6.07 Å². The van der Waals surface area contributed by atoms with Gasteiger partial charge in [0.25, 0.3) is 6.43 Å². The van der Waals surface area contributed by atoms with Gasteiger partial charge < -0.3 is 11.1 Å². The van der Waals surface area contributed by atoms with E-state index in [1.807, 2.05) is 0 Å². The van der Waals surface area contributed by atoms with Crippen LogP contribution in [0, 0.1) is 0 Å². The van der Waals surface area contributed by atoms with E-state index in [0.29, 0.717) is 15.6 Å². The van der Waals surface area contributed by atoms with Crippen molar-refractivity contribution in [3.05, 3.63) is 10.9 Å². The first-order valence-corrected chi connectivity index (χ1v) is 4.74. The topological polar surface area (TPSA) is 55.1 Å². The van der Waals surface area contributed by atoms with E-state index in [1.54, 1.807) is 0 Å². The summed E-state index contributed by atoms with van der Waals surface area (Å²) in [5.74, 6) is -0.155. The number of hydrogen-bond acceptors (Lipinski definition) is 4. The van der Waals surface area contributed by atoms with Gasteiger partial charge in [0.2, 0.25) is 0 Å². The summed E-state index contributed by atoms with van der Waals surface area (Å²) in [6.45, 7) is 0.955. The average Bonchev–Trinajstić information content (AvgIpc) is 2.43. The van der Waals surface area contributed by atoms with Crippen molar-refractivity contribution in [2.45, 2.75) is 13.3 Å². The lowest BCUT2D eigenvalue weighted by Gasteiger charge is -2.00. The molecule has 1 heterocycles. The van der Waals surface area contributed by atoms with Crippen LogP contribution < -0.4 is 11.1 Å². The van der Waals surface area contributed by atoms with Gasteiger partial charge in [-0.15, -0.1) is 11.3 Å². The highest BCUT2D eigenvalue weighted by Crippen LogP contribution is 2.29. The molecule has 0 fully saturated rings. The number of carbonyl (C=O) groups excluding carboxylic acids is 1. The standard InChI is InChI=1S/C8H10F2N2OS/c1-4(13)8-5(11)2-7(14-8)12-3-6(9)10/h2,6,12H,3,11H2,1H3. The molecule has 0 aliphatic rings. The maximum atomic E-state index is 11.8. The molecule has 3 nitrogen and oxygen atoms in total. The Morgan fingerprint density at radius 1 is 1.71 bits per heavy atom. The molecule has 0 saturated heterocycles. The predicted octanol–water partition coefficient (Wildman–Crippen LogP) is 2.21. The van der Waals surface area contributed by atoms with Crippen molar-refractivity contribution in [3.8, 4) is 0 Å². The first kappa shape index (κ1) is 10.9. The zero-order valence-electron chi connectivity index (χ0n) is 7.51. The van der Waals surface area contributed by atoms with Gasteiger partial charge in [0.1, 0.15) is 0 Å². The van der Waals surface area contributed by atoms with Crippen LogP contribution in [0.5, 0.6) is 0 Å². The molecule has 0 bridgehead atoms. The van der Waals surface area contributed by atoms with E-state index in [4.69, 9.17) is 5.73 Å². The minimum Gasteiger partial charge on any atom is -0.397 e. The van der Waals surface area contributed by atoms with E-state index in [-0.39, 0.29) is 5.78 Å². The molecule has 6 heteroatoms. The van der Waals surface area contributed by atoms with E-state index in [2.05, 4.69) is 5.32 Å². The fourth-order valence-electron chi connectivity index (χ4n) is 0.945. The minimum atomic E-state index is -2.42. The van der Waals surface area contributed by atoms with Crippen molar-refractivity contribution < 1.29 is 13.6 Å². The summed E-state index contributed by atoms with van der Waals surface area (Å²) in [5.41, 5.74) is 5.84. The highest BCUT2D eigenvalue weighted by molar-refractivity contribution is 7.18. The molecule has 0 spiro atoms. The van der Waals surface area contributed by atoms with Crippen molar-refractivity contribution in [3.63, 3.8) is 0 Å². The van der Waals surface area contributed by atoms with Gasteiger partial charge in [-0.3, -0.25) is 4.79 Å². The van der Waals surface area contributed by atoms with Gasteiger partial charge in [0.15, 0.2) is 5.78 Å². The van der Waals surface area contributed by atoms with Gasteiger partial charge in [0, 0.05) is 6.92 Å². The van der Waals surface area contributed by atoms with Crippen molar-refractivity contribution in [2.75, 3.05) is 17.6 Å². The SMILES string of the molecule is CC(=O)c1sc(NCC(F)F)cc1N. The summed E-state index contributed by atoms with van der Waals surface area (Å²) in [4.78, 5) is 11.4. The van der Waals surface area contributed by atoms with Crippen LogP contribution in [0.3, 0.4) is 0 Å². The number of nitrogens with two attached hydrogens (primary N) is 1. The maximum absolute atomic E-state index is 11.8. The Hall–Kier alpha value is -1.17. The number of Topliss-reactive ketones (excluding diaryl/α,β-unsaturated/α-hetero) is 1. The summed E-state index contributed by atoms with van der Waals surface area (Å²) in [6, 6.07) is 1.49. The largest absolute Gasteiger partial charge is 0.397 e. The van der Waals surface area contributed by atoms with Crippen molar-refractivity contribution in [1.82, 2.24) is 0 Å². The van der Waals surface area contributed by atoms with Crippen molar-refractivity contribution in [2.24, 2.45) is 0 Å². The summed E-state index contributed by atoms with van der Waals surface area (Å²) in [6.07, 6.45) is -2.42.